The standard InChI is InChI=1S/C11H12O7/c1-4-8(13)16-11(7-12,17-9(14)5-2)18-10(15)6-3/h4-6,12H,1-3,7H2. The van der Waals surface area contributed by atoms with Crippen LogP contribution in [0.15, 0.2) is 38.0 Å². The molecule has 0 heterocycles. The zero-order chi connectivity index (χ0) is 14.2. The first kappa shape index (κ1) is 15.6. The molecule has 0 unspecified atom stereocenters. The number of aliphatic hydroxyl groups is 1. The number of ether oxygens (including phenoxy) is 3. The van der Waals surface area contributed by atoms with Gasteiger partial charge in [0.15, 0.2) is 6.61 Å². The number of esters is 3. The van der Waals surface area contributed by atoms with Gasteiger partial charge in [-0.1, -0.05) is 19.7 Å². The number of aliphatic hydroxyl groups excluding tert-OH is 1. The van der Waals surface area contributed by atoms with Gasteiger partial charge < -0.3 is 19.3 Å². The molecule has 0 aliphatic carbocycles. The van der Waals surface area contributed by atoms with Crippen molar-refractivity contribution in [1.82, 2.24) is 0 Å². The highest BCUT2D eigenvalue weighted by Crippen LogP contribution is 2.17. The van der Waals surface area contributed by atoms with Crippen molar-refractivity contribution in [2.45, 2.75) is 5.97 Å². The number of hydrogen-bond donors (Lipinski definition) is 1. The first-order valence-corrected chi connectivity index (χ1v) is 4.60. The second-order valence-electron chi connectivity index (χ2n) is 2.72. The Bertz CT molecular complexity index is 328. The summed E-state index contributed by atoms with van der Waals surface area (Å²) < 4.78 is 13.5. The smallest absolute Gasteiger partial charge is 0.384 e. The summed E-state index contributed by atoms with van der Waals surface area (Å²) in [5.74, 6) is -5.81. The fourth-order valence-corrected chi connectivity index (χ4v) is 0.744. The SMILES string of the molecule is C=CC(=O)OC(CO)(OC(=O)C=C)OC(=O)C=C. The lowest BCUT2D eigenvalue weighted by molar-refractivity contribution is -0.336. The van der Waals surface area contributed by atoms with Crippen LogP contribution in [-0.4, -0.2) is 35.6 Å². The molecule has 0 amide bonds. The fraction of sp³-hybridized carbons (Fsp3) is 0.182. The van der Waals surface area contributed by atoms with E-state index in [4.69, 9.17) is 5.11 Å². The van der Waals surface area contributed by atoms with Gasteiger partial charge in [-0.2, -0.15) is 0 Å². The number of rotatable bonds is 7. The predicted molar refractivity (Wildman–Crippen MR) is 58.7 cm³/mol. The van der Waals surface area contributed by atoms with Crippen LogP contribution in [0.25, 0.3) is 0 Å². The van der Waals surface area contributed by atoms with E-state index in [0.717, 1.165) is 18.2 Å². The van der Waals surface area contributed by atoms with Gasteiger partial charge in [-0.25, -0.2) is 14.4 Å². The highest BCUT2D eigenvalue weighted by molar-refractivity contribution is 5.85. The van der Waals surface area contributed by atoms with Crippen LogP contribution in [0.1, 0.15) is 0 Å². The molecule has 0 atom stereocenters. The Kier molecular flexibility index (Phi) is 6.08. The molecule has 0 fully saturated rings. The van der Waals surface area contributed by atoms with Crippen LogP contribution in [0.4, 0.5) is 0 Å². The third-order valence-electron chi connectivity index (χ3n) is 1.46. The van der Waals surface area contributed by atoms with E-state index < -0.39 is 30.5 Å². The van der Waals surface area contributed by atoms with Crippen molar-refractivity contribution in [1.29, 1.82) is 0 Å². The molecule has 0 rings (SSSR count). The average Bonchev–Trinajstić information content (AvgIpc) is 2.37. The Hall–Kier alpha value is -2.41. The average molecular weight is 256 g/mol. The molecule has 0 saturated carbocycles. The van der Waals surface area contributed by atoms with Crippen LogP contribution >= 0.6 is 0 Å². The molecule has 98 valence electrons. The van der Waals surface area contributed by atoms with E-state index in [2.05, 4.69) is 33.9 Å². The van der Waals surface area contributed by atoms with Gasteiger partial charge in [0.25, 0.3) is 0 Å². The summed E-state index contributed by atoms with van der Waals surface area (Å²) in [4.78, 5) is 33.1. The Morgan fingerprint density at radius 2 is 1.17 bits per heavy atom. The van der Waals surface area contributed by atoms with Crippen LogP contribution < -0.4 is 0 Å². The van der Waals surface area contributed by atoms with Crippen molar-refractivity contribution >= 4 is 17.9 Å². The van der Waals surface area contributed by atoms with Gasteiger partial charge in [0.05, 0.1) is 0 Å². The maximum Gasteiger partial charge on any atom is 0.448 e. The van der Waals surface area contributed by atoms with Gasteiger partial charge in [-0.05, 0) is 0 Å². The van der Waals surface area contributed by atoms with E-state index in [1.807, 2.05) is 0 Å². The quantitative estimate of drug-likeness (QED) is 0.383. The van der Waals surface area contributed by atoms with E-state index in [1.165, 1.54) is 0 Å². The Labute approximate surface area is 103 Å². The number of carbonyl (C=O) groups is 3. The van der Waals surface area contributed by atoms with E-state index in [-0.39, 0.29) is 0 Å². The summed E-state index contributed by atoms with van der Waals surface area (Å²) in [7, 11) is 0. The Morgan fingerprint density at radius 1 is 0.889 bits per heavy atom. The van der Waals surface area contributed by atoms with E-state index in [1.54, 1.807) is 0 Å². The van der Waals surface area contributed by atoms with Crippen LogP contribution in [0.3, 0.4) is 0 Å². The van der Waals surface area contributed by atoms with Crippen LogP contribution in [0, 0.1) is 0 Å². The largest absolute Gasteiger partial charge is 0.448 e. The zero-order valence-corrected chi connectivity index (χ0v) is 9.46. The predicted octanol–water partition coefficient (Wildman–Crippen LogP) is -0.180. The van der Waals surface area contributed by atoms with Gasteiger partial charge in [0.1, 0.15) is 0 Å². The third kappa shape index (κ3) is 4.62. The number of hydrogen-bond acceptors (Lipinski definition) is 7. The first-order chi connectivity index (χ1) is 8.42. The van der Waals surface area contributed by atoms with Crippen LogP contribution in [0.2, 0.25) is 0 Å². The van der Waals surface area contributed by atoms with Gasteiger partial charge in [-0.3, -0.25) is 0 Å². The molecule has 7 heteroatoms. The normalized spacial score (nSPS) is 9.83. The molecule has 0 saturated heterocycles. The molecule has 0 aliphatic rings. The van der Waals surface area contributed by atoms with Gasteiger partial charge in [0, 0.05) is 18.2 Å². The molecule has 0 radical (unpaired) electrons. The number of carbonyl (C=O) groups excluding carboxylic acids is 3. The second-order valence-corrected chi connectivity index (χ2v) is 2.72. The minimum absolute atomic E-state index is 0.730. The molecule has 1 N–H and O–H groups in total. The summed E-state index contributed by atoms with van der Waals surface area (Å²) >= 11 is 0. The lowest BCUT2D eigenvalue weighted by atomic mass is 10.5. The minimum atomic E-state index is -2.60. The van der Waals surface area contributed by atoms with Crippen molar-refractivity contribution < 1.29 is 33.7 Å². The van der Waals surface area contributed by atoms with Crippen molar-refractivity contribution in [3.05, 3.63) is 38.0 Å². The lowest BCUT2D eigenvalue weighted by Gasteiger charge is -2.28. The lowest BCUT2D eigenvalue weighted by Crippen LogP contribution is -2.47. The Morgan fingerprint density at radius 3 is 1.33 bits per heavy atom. The molecular formula is C11H12O7. The molecule has 0 aromatic carbocycles. The molecule has 0 aromatic rings. The van der Waals surface area contributed by atoms with Gasteiger partial charge >= 0.3 is 23.9 Å². The summed E-state index contributed by atoms with van der Waals surface area (Å²) in [5.41, 5.74) is 0. The molecular weight excluding hydrogens is 244 g/mol. The summed E-state index contributed by atoms with van der Waals surface area (Å²) in [6, 6.07) is 0. The van der Waals surface area contributed by atoms with Crippen molar-refractivity contribution in [2.24, 2.45) is 0 Å². The molecule has 18 heavy (non-hydrogen) atoms. The van der Waals surface area contributed by atoms with Crippen molar-refractivity contribution in [3.8, 4) is 0 Å². The summed E-state index contributed by atoms with van der Waals surface area (Å²) in [6.45, 7) is 8.20. The van der Waals surface area contributed by atoms with Crippen LogP contribution in [0.5, 0.6) is 0 Å². The molecule has 0 spiro atoms. The van der Waals surface area contributed by atoms with Crippen molar-refractivity contribution in [3.63, 3.8) is 0 Å². The monoisotopic (exact) mass is 256 g/mol. The van der Waals surface area contributed by atoms with E-state index >= 15 is 0 Å². The maximum absolute atomic E-state index is 11.0. The third-order valence-corrected chi connectivity index (χ3v) is 1.46. The fourth-order valence-electron chi connectivity index (χ4n) is 0.744. The minimum Gasteiger partial charge on any atom is -0.384 e. The second kappa shape index (κ2) is 7.02. The van der Waals surface area contributed by atoms with Gasteiger partial charge in [-0.15, -0.1) is 0 Å². The Balaban J connectivity index is 5.15. The topological polar surface area (TPSA) is 99.1 Å². The zero-order valence-electron chi connectivity index (χ0n) is 9.46. The highest BCUT2D eigenvalue weighted by Gasteiger charge is 2.42. The van der Waals surface area contributed by atoms with E-state index in [0.29, 0.717) is 0 Å². The summed E-state index contributed by atoms with van der Waals surface area (Å²) in [6.07, 6.45) is 2.19. The molecule has 0 aliphatic heterocycles. The van der Waals surface area contributed by atoms with Crippen molar-refractivity contribution in [2.75, 3.05) is 6.61 Å². The molecule has 7 nitrogen and oxygen atoms in total. The maximum atomic E-state index is 11.0. The first-order valence-electron chi connectivity index (χ1n) is 4.60. The van der Waals surface area contributed by atoms with Crippen LogP contribution in [-0.2, 0) is 28.6 Å². The highest BCUT2D eigenvalue weighted by atomic mass is 16.9. The molecule has 0 aromatic heterocycles. The van der Waals surface area contributed by atoms with Gasteiger partial charge in [0.2, 0.25) is 0 Å². The summed E-state index contributed by atoms with van der Waals surface area (Å²) in [5, 5.41) is 9.08. The molecule has 0 bridgehead atoms. The van der Waals surface area contributed by atoms with E-state index in [9.17, 15) is 14.4 Å².